The number of carboxylic acids is 1. The van der Waals surface area contributed by atoms with Gasteiger partial charge in [-0.15, -0.1) is 0 Å². The second-order valence-electron chi connectivity index (χ2n) is 5.26. The topological polar surface area (TPSA) is 74.0 Å². The molecule has 1 atom stereocenters. The smallest absolute Gasteiger partial charge is 0.320 e. The Morgan fingerprint density at radius 2 is 2.32 bits per heavy atom. The fourth-order valence-corrected chi connectivity index (χ4v) is 2.24. The normalized spacial score (nSPS) is 22.5. The van der Waals surface area contributed by atoms with Crippen LogP contribution < -0.4 is 0 Å². The molecular formula is C13H18N2O4. The van der Waals surface area contributed by atoms with E-state index in [1.165, 1.54) is 4.90 Å². The van der Waals surface area contributed by atoms with Gasteiger partial charge in [0.1, 0.15) is 5.76 Å². The molecule has 6 heteroatoms. The molecule has 104 valence electrons. The van der Waals surface area contributed by atoms with Gasteiger partial charge in [0.2, 0.25) is 0 Å². The summed E-state index contributed by atoms with van der Waals surface area (Å²) in [4.78, 5) is 26.5. The highest BCUT2D eigenvalue weighted by molar-refractivity contribution is 5.79. The summed E-state index contributed by atoms with van der Waals surface area (Å²) in [6.45, 7) is 2.79. The molecule has 0 aromatic carbocycles. The van der Waals surface area contributed by atoms with Gasteiger partial charge in [0.25, 0.3) is 0 Å². The minimum absolute atomic E-state index is 0.165. The maximum Gasteiger partial charge on any atom is 0.320 e. The molecule has 2 heterocycles. The Labute approximate surface area is 111 Å². The number of amides is 2. The molecule has 0 aliphatic carbocycles. The number of furan rings is 1. The molecule has 1 unspecified atom stereocenters. The van der Waals surface area contributed by atoms with Gasteiger partial charge in [0.05, 0.1) is 18.2 Å². The van der Waals surface area contributed by atoms with E-state index in [9.17, 15) is 9.59 Å². The van der Waals surface area contributed by atoms with Gasteiger partial charge in [-0.2, -0.15) is 0 Å². The number of nitrogens with zero attached hydrogens (tertiary/aromatic N) is 2. The molecule has 2 rings (SSSR count). The van der Waals surface area contributed by atoms with Gasteiger partial charge in [-0.1, -0.05) is 0 Å². The summed E-state index contributed by atoms with van der Waals surface area (Å²) in [6.07, 6.45) is 2.05. The predicted octanol–water partition coefficient (Wildman–Crippen LogP) is 1.63. The van der Waals surface area contributed by atoms with E-state index in [0.29, 0.717) is 25.3 Å². The lowest BCUT2D eigenvalue weighted by Crippen LogP contribution is -2.41. The van der Waals surface area contributed by atoms with Crippen LogP contribution in [0.5, 0.6) is 0 Å². The van der Waals surface area contributed by atoms with Crippen LogP contribution in [-0.4, -0.2) is 47.0 Å². The summed E-state index contributed by atoms with van der Waals surface area (Å²) in [7, 11) is 1.68. The zero-order chi connectivity index (χ0) is 14.0. The van der Waals surface area contributed by atoms with Crippen LogP contribution >= 0.6 is 0 Å². The van der Waals surface area contributed by atoms with Crippen LogP contribution in [0.2, 0.25) is 0 Å². The lowest BCUT2D eigenvalue weighted by atomic mass is 9.90. The third-order valence-electron chi connectivity index (χ3n) is 3.56. The molecule has 0 radical (unpaired) electrons. The third-order valence-corrected chi connectivity index (χ3v) is 3.56. The Hall–Kier alpha value is -1.98. The Morgan fingerprint density at radius 1 is 1.58 bits per heavy atom. The van der Waals surface area contributed by atoms with Crippen LogP contribution in [-0.2, 0) is 11.3 Å². The van der Waals surface area contributed by atoms with E-state index >= 15 is 0 Å². The summed E-state index contributed by atoms with van der Waals surface area (Å²) >= 11 is 0. The Kier molecular flexibility index (Phi) is 3.50. The van der Waals surface area contributed by atoms with Gasteiger partial charge in [-0.25, -0.2) is 4.79 Å². The van der Waals surface area contributed by atoms with Gasteiger partial charge >= 0.3 is 12.0 Å². The molecule has 1 aromatic rings. The third kappa shape index (κ3) is 2.72. The van der Waals surface area contributed by atoms with Crippen LogP contribution in [0.1, 0.15) is 19.1 Å². The number of hydrogen-bond acceptors (Lipinski definition) is 3. The minimum Gasteiger partial charge on any atom is -0.481 e. The Bertz CT molecular complexity index is 471. The summed E-state index contributed by atoms with van der Waals surface area (Å²) in [5, 5.41) is 9.15. The maximum atomic E-state index is 12.2. The van der Waals surface area contributed by atoms with E-state index in [4.69, 9.17) is 9.52 Å². The van der Waals surface area contributed by atoms with Crippen molar-refractivity contribution in [2.45, 2.75) is 19.9 Å². The van der Waals surface area contributed by atoms with Crippen molar-refractivity contribution in [2.75, 3.05) is 20.1 Å². The summed E-state index contributed by atoms with van der Waals surface area (Å²) in [5.41, 5.74) is -0.832. The van der Waals surface area contributed by atoms with Gasteiger partial charge < -0.3 is 19.3 Å². The van der Waals surface area contributed by atoms with Gasteiger partial charge in [0.15, 0.2) is 0 Å². The van der Waals surface area contributed by atoms with Crippen molar-refractivity contribution in [3.05, 3.63) is 24.2 Å². The van der Waals surface area contributed by atoms with Crippen LogP contribution in [0, 0.1) is 5.41 Å². The van der Waals surface area contributed by atoms with Crippen molar-refractivity contribution in [3.63, 3.8) is 0 Å². The molecule has 1 saturated heterocycles. The lowest BCUT2D eigenvalue weighted by molar-refractivity contribution is -0.147. The number of hydrogen-bond donors (Lipinski definition) is 1. The number of carbonyl (C=O) groups excluding carboxylic acids is 1. The average Bonchev–Trinajstić information content (AvgIpc) is 2.98. The number of carboxylic acid groups (broad SMARTS) is 1. The quantitative estimate of drug-likeness (QED) is 0.902. The van der Waals surface area contributed by atoms with Crippen molar-refractivity contribution in [2.24, 2.45) is 5.41 Å². The van der Waals surface area contributed by atoms with Gasteiger partial charge in [0, 0.05) is 20.1 Å². The molecule has 6 nitrogen and oxygen atoms in total. The molecule has 0 spiro atoms. The fraction of sp³-hybridized carbons (Fsp3) is 0.538. The molecule has 1 aliphatic heterocycles. The molecule has 1 N–H and O–H groups in total. The minimum atomic E-state index is -0.850. The lowest BCUT2D eigenvalue weighted by Gasteiger charge is -2.25. The monoisotopic (exact) mass is 266 g/mol. The highest BCUT2D eigenvalue weighted by atomic mass is 16.4. The maximum absolute atomic E-state index is 12.2. The number of aliphatic carboxylic acids is 1. The predicted molar refractivity (Wildman–Crippen MR) is 67.5 cm³/mol. The van der Waals surface area contributed by atoms with E-state index in [-0.39, 0.29) is 12.6 Å². The molecular weight excluding hydrogens is 248 g/mol. The standard InChI is InChI=1S/C13H18N2O4/c1-13(11(16)17)5-6-15(9-13)12(18)14(2)8-10-4-3-7-19-10/h3-4,7H,5-6,8-9H2,1-2H3,(H,16,17). The summed E-state index contributed by atoms with van der Waals surface area (Å²) in [5.74, 6) is -0.146. The van der Waals surface area contributed by atoms with Crippen LogP contribution in [0.25, 0.3) is 0 Å². The van der Waals surface area contributed by atoms with E-state index in [1.54, 1.807) is 37.3 Å². The van der Waals surface area contributed by atoms with E-state index in [1.807, 2.05) is 0 Å². The zero-order valence-electron chi connectivity index (χ0n) is 11.1. The fourth-order valence-electron chi connectivity index (χ4n) is 2.24. The van der Waals surface area contributed by atoms with Crippen molar-refractivity contribution < 1.29 is 19.1 Å². The molecule has 1 aliphatic rings. The zero-order valence-corrected chi connectivity index (χ0v) is 11.1. The number of urea groups is 1. The van der Waals surface area contributed by atoms with Gasteiger partial charge in [-0.05, 0) is 25.5 Å². The van der Waals surface area contributed by atoms with Crippen LogP contribution in [0.3, 0.4) is 0 Å². The van der Waals surface area contributed by atoms with Gasteiger partial charge in [-0.3, -0.25) is 4.79 Å². The Morgan fingerprint density at radius 3 is 2.84 bits per heavy atom. The van der Waals surface area contributed by atoms with E-state index in [2.05, 4.69) is 0 Å². The molecule has 0 bridgehead atoms. The number of carbonyl (C=O) groups is 2. The molecule has 1 aromatic heterocycles. The Balaban J connectivity index is 1.96. The first-order chi connectivity index (χ1) is 8.92. The highest BCUT2D eigenvalue weighted by Gasteiger charge is 2.42. The van der Waals surface area contributed by atoms with Crippen molar-refractivity contribution in [1.29, 1.82) is 0 Å². The van der Waals surface area contributed by atoms with Crippen LogP contribution in [0.4, 0.5) is 4.79 Å². The molecule has 19 heavy (non-hydrogen) atoms. The summed E-state index contributed by atoms with van der Waals surface area (Å²) in [6, 6.07) is 3.40. The van der Waals surface area contributed by atoms with Crippen molar-refractivity contribution in [3.8, 4) is 0 Å². The SMILES string of the molecule is CN(Cc1ccco1)C(=O)N1CCC(C)(C(=O)O)C1. The van der Waals surface area contributed by atoms with E-state index < -0.39 is 11.4 Å². The number of likely N-dealkylation sites (tertiary alicyclic amines) is 1. The second kappa shape index (κ2) is 4.95. The average molecular weight is 266 g/mol. The summed E-state index contributed by atoms with van der Waals surface area (Å²) < 4.78 is 5.19. The van der Waals surface area contributed by atoms with Crippen molar-refractivity contribution in [1.82, 2.24) is 9.80 Å². The highest BCUT2D eigenvalue weighted by Crippen LogP contribution is 2.30. The largest absolute Gasteiger partial charge is 0.481 e. The first-order valence-electron chi connectivity index (χ1n) is 6.18. The molecule has 1 fully saturated rings. The molecule has 2 amide bonds. The second-order valence-corrected chi connectivity index (χ2v) is 5.26. The first kappa shape index (κ1) is 13.5. The number of rotatable bonds is 3. The molecule has 0 saturated carbocycles. The van der Waals surface area contributed by atoms with E-state index in [0.717, 1.165) is 0 Å². The van der Waals surface area contributed by atoms with Crippen molar-refractivity contribution >= 4 is 12.0 Å². The first-order valence-corrected chi connectivity index (χ1v) is 6.18. The van der Waals surface area contributed by atoms with Crippen LogP contribution in [0.15, 0.2) is 22.8 Å².